The van der Waals surface area contributed by atoms with Crippen LogP contribution in [-0.2, 0) is 23.9 Å². The molecule has 1 N–H and O–H groups in total. The number of ether oxygens (including phenoxy) is 2. The maximum atomic E-state index is 15.0. The third kappa shape index (κ3) is 5.36. The van der Waals surface area contributed by atoms with E-state index in [4.69, 9.17) is 9.47 Å². The van der Waals surface area contributed by atoms with Crippen molar-refractivity contribution in [3.63, 3.8) is 0 Å². The highest BCUT2D eigenvalue weighted by Gasteiger charge is 2.81. The zero-order valence-corrected chi connectivity index (χ0v) is 27.3. The van der Waals surface area contributed by atoms with Crippen LogP contribution < -0.4 is 9.80 Å². The summed E-state index contributed by atoms with van der Waals surface area (Å²) in [6.07, 6.45) is 4.96. The summed E-state index contributed by atoms with van der Waals surface area (Å²) in [6.45, 7) is 21.4. The number of nitrogens with zero attached hydrogens (tertiary/aromatic N) is 3. The van der Waals surface area contributed by atoms with Gasteiger partial charge in [0.05, 0.1) is 30.8 Å². The van der Waals surface area contributed by atoms with Gasteiger partial charge in [-0.3, -0.25) is 14.4 Å². The molecule has 242 valence electrons. The van der Waals surface area contributed by atoms with Gasteiger partial charge in [-0.1, -0.05) is 39.3 Å². The predicted octanol–water partition coefficient (Wildman–Crippen LogP) is 4.59. The number of esters is 1. The van der Waals surface area contributed by atoms with Crippen LogP contribution in [0.5, 0.6) is 0 Å². The van der Waals surface area contributed by atoms with Crippen molar-refractivity contribution in [1.82, 2.24) is 4.90 Å². The fourth-order valence-corrected chi connectivity index (χ4v) is 7.85. The van der Waals surface area contributed by atoms with Gasteiger partial charge >= 0.3 is 5.97 Å². The molecule has 1 aromatic rings. The average molecular weight is 610 g/mol. The van der Waals surface area contributed by atoms with E-state index < -0.39 is 41.1 Å². The SMILES string of the molecule is C=CCCOC(=O)[C@H]1[C@H]2C(=O)N([C@@H](CO)[C@@H](C)CC)C(C(=O)N(CC=C)c3ccc(N(CC)CC)cc3)C23CC(C)[C@]1(C)O3. The smallest absolute Gasteiger partial charge is 0.312 e. The topological polar surface area (TPSA) is 99.6 Å². The Hall–Kier alpha value is -3.17. The molecule has 3 heterocycles. The molecule has 0 radical (unpaired) electrons. The first kappa shape index (κ1) is 33.7. The molecule has 4 rings (SSSR count). The summed E-state index contributed by atoms with van der Waals surface area (Å²) in [5, 5.41) is 10.7. The van der Waals surface area contributed by atoms with Gasteiger partial charge in [0, 0.05) is 31.0 Å². The molecule has 3 unspecified atom stereocenters. The number of hydrogen-bond acceptors (Lipinski definition) is 7. The van der Waals surface area contributed by atoms with E-state index in [1.807, 2.05) is 52.0 Å². The number of hydrogen-bond donors (Lipinski definition) is 1. The van der Waals surface area contributed by atoms with Crippen molar-refractivity contribution < 1.29 is 29.0 Å². The number of anilines is 2. The number of rotatable bonds is 15. The summed E-state index contributed by atoms with van der Waals surface area (Å²) in [6, 6.07) is 6.16. The van der Waals surface area contributed by atoms with Crippen molar-refractivity contribution in [2.75, 3.05) is 42.6 Å². The summed E-state index contributed by atoms with van der Waals surface area (Å²) in [4.78, 5) is 48.7. The molecule has 3 aliphatic heterocycles. The number of carbonyl (C=O) groups is 3. The van der Waals surface area contributed by atoms with E-state index in [2.05, 4.69) is 31.9 Å². The highest BCUT2D eigenvalue weighted by Crippen LogP contribution is 2.66. The van der Waals surface area contributed by atoms with Gasteiger partial charge in [-0.05, 0) is 69.7 Å². The lowest BCUT2D eigenvalue weighted by Gasteiger charge is -2.41. The van der Waals surface area contributed by atoms with Gasteiger partial charge in [-0.15, -0.1) is 13.2 Å². The van der Waals surface area contributed by atoms with Gasteiger partial charge in [-0.2, -0.15) is 0 Å². The summed E-state index contributed by atoms with van der Waals surface area (Å²) >= 11 is 0. The first-order chi connectivity index (χ1) is 21.0. The van der Waals surface area contributed by atoms with E-state index in [-0.39, 0.29) is 43.4 Å². The van der Waals surface area contributed by atoms with Crippen molar-refractivity contribution in [3.8, 4) is 0 Å². The van der Waals surface area contributed by atoms with Gasteiger partial charge in [-0.25, -0.2) is 0 Å². The molecule has 0 aromatic heterocycles. The molecule has 3 fully saturated rings. The largest absolute Gasteiger partial charge is 0.465 e. The highest BCUT2D eigenvalue weighted by atomic mass is 16.6. The number of likely N-dealkylation sites (tertiary alicyclic amines) is 1. The van der Waals surface area contributed by atoms with Crippen molar-refractivity contribution in [2.24, 2.45) is 23.7 Å². The van der Waals surface area contributed by atoms with E-state index in [9.17, 15) is 19.5 Å². The number of aliphatic hydroxyl groups excluding tert-OH is 1. The van der Waals surface area contributed by atoms with E-state index in [1.54, 1.807) is 22.0 Å². The van der Waals surface area contributed by atoms with E-state index >= 15 is 0 Å². The quantitative estimate of drug-likeness (QED) is 0.176. The average Bonchev–Trinajstić information content (AvgIpc) is 3.53. The van der Waals surface area contributed by atoms with Crippen molar-refractivity contribution in [2.45, 2.75) is 84.1 Å². The number of amides is 2. The molecule has 1 aromatic carbocycles. The van der Waals surface area contributed by atoms with E-state index in [0.29, 0.717) is 24.9 Å². The molecule has 9 heteroatoms. The normalized spacial score (nSPS) is 30.1. The second-order valence-electron chi connectivity index (χ2n) is 12.8. The summed E-state index contributed by atoms with van der Waals surface area (Å²) in [5.41, 5.74) is -0.494. The third-order valence-corrected chi connectivity index (χ3v) is 10.5. The van der Waals surface area contributed by atoms with Gasteiger partial charge < -0.3 is 29.3 Å². The van der Waals surface area contributed by atoms with Crippen LogP contribution in [0.25, 0.3) is 0 Å². The maximum absolute atomic E-state index is 15.0. The zero-order chi connectivity index (χ0) is 32.4. The molecular formula is C35H51N3O6. The molecule has 44 heavy (non-hydrogen) atoms. The first-order valence-electron chi connectivity index (χ1n) is 16.2. The molecule has 2 bridgehead atoms. The van der Waals surface area contributed by atoms with Crippen LogP contribution in [0.2, 0.25) is 0 Å². The highest BCUT2D eigenvalue weighted by molar-refractivity contribution is 6.05. The molecule has 0 aliphatic carbocycles. The lowest BCUT2D eigenvalue weighted by molar-refractivity contribution is -0.162. The Labute approximate surface area is 262 Å². The second kappa shape index (κ2) is 13.4. The van der Waals surface area contributed by atoms with Crippen molar-refractivity contribution in [3.05, 3.63) is 49.6 Å². The maximum Gasteiger partial charge on any atom is 0.312 e. The molecule has 1 spiro atoms. The molecular weight excluding hydrogens is 558 g/mol. The molecule has 3 saturated heterocycles. The molecule has 8 atom stereocenters. The van der Waals surface area contributed by atoms with E-state index in [1.165, 1.54) is 0 Å². The number of carbonyl (C=O) groups excluding carboxylic acids is 3. The Morgan fingerprint density at radius 3 is 2.34 bits per heavy atom. The molecule has 0 saturated carbocycles. The fourth-order valence-electron chi connectivity index (χ4n) is 7.85. The van der Waals surface area contributed by atoms with Crippen molar-refractivity contribution >= 4 is 29.2 Å². The lowest BCUT2D eigenvalue weighted by atomic mass is 9.62. The minimum absolute atomic E-state index is 0.0983. The molecule has 2 amide bonds. The Kier molecular flexibility index (Phi) is 10.3. The predicted molar refractivity (Wildman–Crippen MR) is 172 cm³/mol. The Morgan fingerprint density at radius 2 is 1.80 bits per heavy atom. The van der Waals surface area contributed by atoms with Gasteiger partial charge in [0.2, 0.25) is 5.91 Å². The van der Waals surface area contributed by atoms with Crippen molar-refractivity contribution in [1.29, 1.82) is 0 Å². The Morgan fingerprint density at radius 1 is 1.16 bits per heavy atom. The van der Waals surface area contributed by atoms with Crippen LogP contribution in [0.3, 0.4) is 0 Å². The zero-order valence-electron chi connectivity index (χ0n) is 27.3. The van der Waals surface area contributed by atoms with Crippen LogP contribution in [0.1, 0.15) is 60.8 Å². The first-order valence-corrected chi connectivity index (χ1v) is 16.2. The minimum Gasteiger partial charge on any atom is -0.465 e. The lowest BCUT2D eigenvalue weighted by Crippen LogP contribution is -2.60. The summed E-state index contributed by atoms with van der Waals surface area (Å²) < 4.78 is 12.5. The van der Waals surface area contributed by atoms with Crippen LogP contribution in [-0.4, -0.2) is 83.9 Å². The minimum atomic E-state index is -1.24. The summed E-state index contributed by atoms with van der Waals surface area (Å²) in [7, 11) is 0. The van der Waals surface area contributed by atoms with Gasteiger partial charge in [0.15, 0.2) is 0 Å². The van der Waals surface area contributed by atoms with Crippen LogP contribution >= 0.6 is 0 Å². The van der Waals surface area contributed by atoms with Crippen LogP contribution in [0, 0.1) is 23.7 Å². The fraction of sp³-hybridized carbons (Fsp3) is 0.629. The van der Waals surface area contributed by atoms with Crippen LogP contribution in [0.15, 0.2) is 49.6 Å². The molecule has 9 nitrogen and oxygen atoms in total. The van der Waals surface area contributed by atoms with Crippen LogP contribution in [0.4, 0.5) is 11.4 Å². The number of benzene rings is 1. The monoisotopic (exact) mass is 609 g/mol. The standard InChI is InChI=1S/C35H51N3O6/c1-9-14-20-43-33(42)29-28-31(40)38(27(22-39)23(6)11-3)30(35(28)21-24(7)34(29,8)44-35)32(41)37(19-10-2)26-17-15-25(16-18-26)36(12-4)13-5/h9-10,15-18,23-24,27-30,39H,1-2,11-14,19-22H2,3-8H3/t23-,24?,27-,28-,29+,30?,34-,35?/m0/s1. The third-order valence-electron chi connectivity index (χ3n) is 10.5. The summed E-state index contributed by atoms with van der Waals surface area (Å²) in [5.74, 6) is -3.12. The van der Waals surface area contributed by atoms with Gasteiger partial charge in [0.25, 0.3) is 5.91 Å². The number of fused-ring (bicyclic) bond motifs is 1. The Bertz CT molecular complexity index is 1230. The Balaban J connectivity index is 1.83. The second-order valence-corrected chi connectivity index (χ2v) is 12.8. The molecule has 3 aliphatic rings. The van der Waals surface area contributed by atoms with Gasteiger partial charge in [0.1, 0.15) is 17.6 Å². The number of aliphatic hydroxyl groups is 1. The van der Waals surface area contributed by atoms with E-state index in [0.717, 1.165) is 18.8 Å².